The predicted molar refractivity (Wildman–Crippen MR) is 159 cm³/mol. The molecule has 47 heavy (non-hydrogen) atoms. The number of sulfonamides is 1. The van der Waals surface area contributed by atoms with Gasteiger partial charge in [0.15, 0.2) is 0 Å². The number of rotatable bonds is 8. The van der Waals surface area contributed by atoms with Crippen LogP contribution in [0.3, 0.4) is 0 Å². The molecule has 0 spiro atoms. The fourth-order valence-corrected chi connectivity index (χ4v) is 6.07. The lowest BCUT2D eigenvalue weighted by atomic mass is 9.82. The molecular weight excluding hydrogens is 661 g/mol. The van der Waals surface area contributed by atoms with Crippen molar-refractivity contribution in [2.24, 2.45) is 0 Å². The number of pyridine rings is 1. The van der Waals surface area contributed by atoms with E-state index in [1.165, 1.54) is 49.6 Å². The maximum atomic E-state index is 14.1. The monoisotopic (exact) mass is 692 g/mol. The smallest absolute Gasteiger partial charge is 0.406 e. The highest BCUT2D eigenvalue weighted by Gasteiger charge is 2.38. The van der Waals surface area contributed by atoms with Gasteiger partial charge in [0.25, 0.3) is 0 Å². The number of aryl methyl sites for hydroxylation is 1. The number of nitrogens with zero attached hydrogens (tertiary/aromatic N) is 4. The van der Waals surface area contributed by atoms with Gasteiger partial charge in [-0.1, -0.05) is 6.07 Å². The molecule has 9 nitrogen and oxygen atoms in total. The number of alkyl halides is 6. The van der Waals surface area contributed by atoms with Crippen molar-refractivity contribution < 1.29 is 53.4 Å². The second-order valence-electron chi connectivity index (χ2n) is 11.4. The lowest BCUT2D eigenvalue weighted by Crippen LogP contribution is -2.48. The van der Waals surface area contributed by atoms with Crippen LogP contribution in [0, 0.1) is 12.7 Å². The van der Waals surface area contributed by atoms with Gasteiger partial charge in [0.05, 0.1) is 23.6 Å². The van der Waals surface area contributed by atoms with E-state index in [4.69, 9.17) is 0 Å². The Morgan fingerprint density at radius 1 is 0.872 bits per heavy atom. The molecule has 1 fully saturated rings. The molecule has 256 valence electrons. The number of aromatic nitrogens is 1. The molecule has 1 saturated heterocycles. The average Bonchev–Trinajstić information content (AvgIpc) is 2.94. The van der Waals surface area contributed by atoms with Crippen molar-refractivity contribution in [2.45, 2.75) is 38.9 Å². The van der Waals surface area contributed by atoms with Crippen LogP contribution in [0.1, 0.15) is 25.0 Å². The van der Waals surface area contributed by atoms with E-state index in [-0.39, 0.29) is 24.3 Å². The van der Waals surface area contributed by atoms with Gasteiger partial charge >= 0.3 is 12.7 Å². The molecule has 2 aromatic carbocycles. The van der Waals surface area contributed by atoms with Gasteiger partial charge in [0, 0.05) is 44.9 Å². The molecular formula is C30H31F7N4O5S. The van der Waals surface area contributed by atoms with Crippen LogP contribution < -0.4 is 19.3 Å². The molecule has 1 aromatic heterocycles. The number of anilines is 2. The van der Waals surface area contributed by atoms with Gasteiger partial charge in [0.2, 0.25) is 15.9 Å². The maximum absolute atomic E-state index is 14.1. The first-order valence-electron chi connectivity index (χ1n) is 14.0. The van der Waals surface area contributed by atoms with Crippen LogP contribution >= 0.6 is 0 Å². The van der Waals surface area contributed by atoms with Gasteiger partial charge in [-0.3, -0.25) is 4.79 Å². The Bertz CT molecular complexity index is 1720. The van der Waals surface area contributed by atoms with Gasteiger partial charge in [0.1, 0.15) is 23.1 Å². The molecule has 4 rings (SSSR count). The van der Waals surface area contributed by atoms with E-state index < -0.39 is 51.4 Å². The third kappa shape index (κ3) is 8.62. The fraction of sp³-hybridized carbons (Fsp3) is 0.400. The minimum absolute atomic E-state index is 0.200. The normalized spacial score (nSPS) is 15.0. The van der Waals surface area contributed by atoms with E-state index >= 15 is 0 Å². The zero-order valence-corrected chi connectivity index (χ0v) is 26.6. The van der Waals surface area contributed by atoms with E-state index in [9.17, 15) is 43.9 Å². The van der Waals surface area contributed by atoms with E-state index in [1.54, 1.807) is 13.0 Å². The number of amides is 1. The van der Waals surface area contributed by atoms with Crippen LogP contribution in [-0.2, 0) is 20.2 Å². The molecule has 1 aliphatic heterocycles. The first-order chi connectivity index (χ1) is 21.5. The number of halogens is 7. The summed E-state index contributed by atoms with van der Waals surface area (Å²) < 4.78 is 125. The molecule has 0 atom stereocenters. The lowest BCUT2D eigenvalue weighted by molar-refractivity contribution is -0.276. The molecule has 0 bridgehead atoms. The van der Waals surface area contributed by atoms with Crippen LogP contribution in [0.4, 0.5) is 42.2 Å². The number of piperazine rings is 1. The highest BCUT2D eigenvalue weighted by molar-refractivity contribution is 7.88. The number of carbonyl (C=O) groups is 1. The number of benzene rings is 2. The van der Waals surface area contributed by atoms with Crippen LogP contribution in [0.5, 0.6) is 11.5 Å². The molecule has 0 aliphatic carbocycles. The first-order valence-corrected chi connectivity index (χ1v) is 15.8. The average molecular weight is 693 g/mol. The third-order valence-electron chi connectivity index (χ3n) is 7.65. The van der Waals surface area contributed by atoms with Crippen LogP contribution in [-0.4, -0.2) is 75.8 Å². The number of hydrogen-bond donors (Lipinski definition) is 0. The Morgan fingerprint density at radius 3 is 1.91 bits per heavy atom. The van der Waals surface area contributed by atoms with Crippen LogP contribution in [0.25, 0.3) is 11.1 Å². The number of ether oxygens (including phenoxy) is 2. The van der Waals surface area contributed by atoms with Crippen molar-refractivity contribution in [3.8, 4) is 22.6 Å². The molecule has 2 heterocycles. The summed E-state index contributed by atoms with van der Waals surface area (Å²) in [7, 11) is -2.04. The number of carbonyl (C=O) groups excluding carboxylic acids is 1. The standard InChI is InChI=1S/C30H31F7N4O5S/c1-18-12-20(31)6-7-23(18)24-16-26(40-8-10-41(11-9-40)47(5,43)44)38-17-25(24)39(4)27(42)28(2,3)19-13-21(45-29(32,33)34)15-22(14-19)46-30(35,36)37/h6-7,12-17H,8-11H2,1-5H3. The van der Waals surface area contributed by atoms with Crippen molar-refractivity contribution in [1.29, 1.82) is 0 Å². The third-order valence-corrected chi connectivity index (χ3v) is 8.95. The maximum Gasteiger partial charge on any atom is 0.573 e. The molecule has 1 aliphatic rings. The number of hydrogen-bond acceptors (Lipinski definition) is 7. The van der Waals surface area contributed by atoms with Crippen molar-refractivity contribution in [3.05, 3.63) is 65.6 Å². The summed E-state index contributed by atoms with van der Waals surface area (Å²) in [5, 5.41) is 0. The van der Waals surface area contributed by atoms with Gasteiger partial charge in [-0.25, -0.2) is 17.8 Å². The lowest BCUT2D eigenvalue weighted by Gasteiger charge is -2.35. The van der Waals surface area contributed by atoms with E-state index in [0.29, 0.717) is 41.7 Å². The highest BCUT2D eigenvalue weighted by atomic mass is 32.2. The van der Waals surface area contributed by atoms with Gasteiger partial charge in [-0.15, -0.1) is 26.3 Å². The van der Waals surface area contributed by atoms with Crippen molar-refractivity contribution >= 4 is 27.4 Å². The van der Waals surface area contributed by atoms with Crippen molar-refractivity contribution in [3.63, 3.8) is 0 Å². The summed E-state index contributed by atoms with van der Waals surface area (Å²) in [6, 6.07) is 7.65. The summed E-state index contributed by atoms with van der Waals surface area (Å²) >= 11 is 0. The molecule has 3 aromatic rings. The Morgan fingerprint density at radius 2 is 1.43 bits per heavy atom. The fourth-order valence-electron chi connectivity index (χ4n) is 5.24. The second-order valence-corrected chi connectivity index (χ2v) is 13.4. The SMILES string of the molecule is Cc1cc(F)ccc1-c1cc(N2CCN(S(C)(=O)=O)CC2)ncc1N(C)C(=O)C(C)(C)c1cc(OC(F)(F)F)cc(OC(F)(F)F)c1. The van der Waals surface area contributed by atoms with Crippen LogP contribution in [0.15, 0.2) is 48.7 Å². The second kappa shape index (κ2) is 12.8. The summed E-state index contributed by atoms with van der Waals surface area (Å²) in [5.41, 5.74) is -0.400. The van der Waals surface area contributed by atoms with Crippen molar-refractivity contribution in [2.75, 3.05) is 49.3 Å². The minimum Gasteiger partial charge on any atom is -0.406 e. The predicted octanol–water partition coefficient (Wildman–Crippen LogP) is 6.02. The summed E-state index contributed by atoms with van der Waals surface area (Å²) in [5.74, 6) is -2.88. The molecule has 17 heteroatoms. The van der Waals surface area contributed by atoms with Crippen molar-refractivity contribution in [1.82, 2.24) is 9.29 Å². The van der Waals surface area contributed by atoms with E-state index in [2.05, 4.69) is 14.5 Å². The Kier molecular flexibility index (Phi) is 9.75. The topological polar surface area (TPSA) is 92.3 Å². The van der Waals surface area contributed by atoms with Gasteiger partial charge < -0.3 is 19.3 Å². The molecule has 0 saturated carbocycles. The first kappa shape index (κ1) is 35.7. The van der Waals surface area contributed by atoms with Crippen LogP contribution in [0.2, 0.25) is 0 Å². The zero-order valence-electron chi connectivity index (χ0n) is 25.8. The molecule has 0 unspecified atom stereocenters. The van der Waals surface area contributed by atoms with Gasteiger partial charge in [-0.05, 0) is 67.8 Å². The molecule has 0 N–H and O–H groups in total. The Hall–Kier alpha value is -4.12. The summed E-state index contributed by atoms with van der Waals surface area (Å²) in [6.45, 7) is 5.29. The summed E-state index contributed by atoms with van der Waals surface area (Å²) in [4.78, 5) is 21.5. The largest absolute Gasteiger partial charge is 0.573 e. The van der Waals surface area contributed by atoms with E-state index in [1.807, 2.05) is 4.90 Å². The molecule has 1 amide bonds. The van der Waals surface area contributed by atoms with E-state index in [0.717, 1.165) is 23.3 Å². The minimum atomic E-state index is -5.24. The highest BCUT2D eigenvalue weighted by Crippen LogP contribution is 2.40. The quantitative estimate of drug-likeness (QED) is 0.267. The van der Waals surface area contributed by atoms with Gasteiger partial charge in [-0.2, -0.15) is 4.31 Å². The number of likely N-dealkylation sites (N-methyl/N-ethyl adjacent to an activating group) is 1. The Balaban J connectivity index is 1.76. The molecule has 0 radical (unpaired) electrons. The summed E-state index contributed by atoms with van der Waals surface area (Å²) in [6.07, 6.45) is -8.01. The zero-order chi connectivity index (χ0) is 35.1. The Labute approximate surface area is 266 Å².